The topological polar surface area (TPSA) is 63.5 Å². The number of benzene rings is 1. The van der Waals surface area contributed by atoms with Crippen LogP contribution in [0.5, 0.6) is 0 Å². The van der Waals surface area contributed by atoms with Crippen molar-refractivity contribution in [1.29, 1.82) is 0 Å². The van der Waals surface area contributed by atoms with Gasteiger partial charge >= 0.3 is 0 Å². The SMILES string of the molecule is C/C=C/N(C(C)=O)c1ccccc1[N+](=O)[O-]. The number of nitro benzene ring substituents is 1. The van der Waals surface area contributed by atoms with Crippen molar-refractivity contribution >= 4 is 17.3 Å². The Kier molecular flexibility index (Phi) is 3.77. The number of nitro groups is 1. The fourth-order valence-electron chi connectivity index (χ4n) is 1.33. The van der Waals surface area contributed by atoms with E-state index in [0.29, 0.717) is 0 Å². The zero-order valence-corrected chi connectivity index (χ0v) is 9.08. The van der Waals surface area contributed by atoms with Crippen LogP contribution in [0, 0.1) is 10.1 Å². The summed E-state index contributed by atoms with van der Waals surface area (Å²) < 4.78 is 0. The van der Waals surface area contributed by atoms with Gasteiger partial charge in [0.1, 0.15) is 5.69 Å². The second-order valence-electron chi connectivity index (χ2n) is 3.12. The zero-order valence-electron chi connectivity index (χ0n) is 9.08. The molecule has 0 spiro atoms. The van der Waals surface area contributed by atoms with Gasteiger partial charge < -0.3 is 0 Å². The smallest absolute Gasteiger partial charge is 0.282 e. The van der Waals surface area contributed by atoms with Gasteiger partial charge in [-0.1, -0.05) is 18.2 Å². The minimum atomic E-state index is -0.505. The first-order valence-corrected chi connectivity index (χ1v) is 4.74. The molecule has 5 nitrogen and oxygen atoms in total. The number of allylic oxidation sites excluding steroid dienone is 1. The molecule has 0 aliphatic carbocycles. The first kappa shape index (κ1) is 11.9. The van der Waals surface area contributed by atoms with Crippen molar-refractivity contribution in [2.24, 2.45) is 0 Å². The average Bonchev–Trinajstić information content (AvgIpc) is 2.25. The minimum Gasteiger partial charge on any atom is -0.282 e. The van der Waals surface area contributed by atoms with Gasteiger partial charge in [0.2, 0.25) is 5.91 Å². The van der Waals surface area contributed by atoms with E-state index in [1.807, 2.05) is 0 Å². The third-order valence-corrected chi connectivity index (χ3v) is 1.98. The molecule has 0 heterocycles. The largest absolute Gasteiger partial charge is 0.293 e. The molecule has 0 atom stereocenters. The van der Waals surface area contributed by atoms with Crippen LogP contribution in [0.1, 0.15) is 13.8 Å². The Morgan fingerprint density at radius 3 is 2.56 bits per heavy atom. The van der Waals surface area contributed by atoms with Crippen molar-refractivity contribution in [3.05, 3.63) is 46.7 Å². The Balaban J connectivity index is 3.28. The molecule has 0 radical (unpaired) electrons. The Morgan fingerprint density at radius 1 is 1.44 bits per heavy atom. The van der Waals surface area contributed by atoms with E-state index in [0.717, 1.165) is 0 Å². The lowest BCUT2D eigenvalue weighted by Crippen LogP contribution is -2.22. The summed E-state index contributed by atoms with van der Waals surface area (Å²) in [5.41, 5.74) is 0.189. The summed E-state index contributed by atoms with van der Waals surface area (Å²) in [7, 11) is 0. The molecular weight excluding hydrogens is 208 g/mol. The minimum absolute atomic E-state index is 0.0872. The summed E-state index contributed by atoms with van der Waals surface area (Å²) in [5, 5.41) is 10.8. The lowest BCUT2D eigenvalue weighted by Gasteiger charge is -2.15. The molecule has 1 amide bonds. The third-order valence-electron chi connectivity index (χ3n) is 1.98. The van der Waals surface area contributed by atoms with Crippen molar-refractivity contribution in [2.75, 3.05) is 4.90 Å². The van der Waals surface area contributed by atoms with Crippen LogP contribution >= 0.6 is 0 Å². The molecule has 16 heavy (non-hydrogen) atoms. The normalized spacial score (nSPS) is 10.4. The second kappa shape index (κ2) is 5.06. The van der Waals surface area contributed by atoms with Crippen molar-refractivity contribution in [3.8, 4) is 0 Å². The van der Waals surface area contributed by atoms with Gasteiger partial charge in [-0.05, 0) is 13.0 Å². The van der Waals surface area contributed by atoms with Crippen molar-refractivity contribution in [1.82, 2.24) is 0 Å². The van der Waals surface area contributed by atoms with E-state index in [1.165, 1.54) is 24.1 Å². The molecule has 0 aliphatic rings. The Hall–Kier alpha value is -2.17. The molecule has 0 aromatic heterocycles. The van der Waals surface area contributed by atoms with Gasteiger partial charge in [0, 0.05) is 19.2 Å². The summed E-state index contributed by atoms with van der Waals surface area (Å²) in [6.07, 6.45) is 3.16. The highest BCUT2D eigenvalue weighted by Gasteiger charge is 2.19. The van der Waals surface area contributed by atoms with E-state index in [-0.39, 0.29) is 17.3 Å². The fourth-order valence-corrected chi connectivity index (χ4v) is 1.33. The highest BCUT2D eigenvalue weighted by molar-refractivity contribution is 5.95. The van der Waals surface area contributed by atoms with Crippen LogP contribution in [0.25, 0.3) is 0 Å². The van der Waals surface area contributed by atoms with E-state index in [1.54, 1.807) is 31.2 Å². The van der Waals surface area contributed by atoms with Crippen LogP contribution in [0.4, 0.5) is 11.4 Å². The van der Waals surface area contributed by atoms with E-state index in [2.05, 4.69) is 0 Å². The molecule has 1 aromatic carbocycles. The zero-order chi connectivity index (χ0) is 12.1. The predicted molar refractivity (Wildman–Crippen MR) is 61.1 cm³/mol. The van der Waals surface area contributed by atoms with Gasteiger partial charge in [-0.3, -0.25) is 19.8 Å². The standard InChI is InChI=1S/C11H12N2O3/c1-3-8-12(9(2)14)10-6-4-5-7-11(10)13(15)16/h3-8H,1-2H3/b8-3+. The van der Waals surface area contributed by atoms with Crippen LogP contribution in [-0.4, -0.2) is 10.8 Å². The molecule has 0 aliphatic heterocycles. The van der Waals surface area contributed by atoms with Crippen LogP contribution in [0.2, 0.25) is 0 Å². The van der Waals surface area contributed by atoms with Crippen LogP contribution < -0.4 is 4.90 Å². The van der Waals surface area contributed by atoms with Crippen LogP contribution in [0.3, 0.4) is 0 Å². The molecular formula is C11H12N2O3. The van der Waals surface area contributed by atoms with E-state index >= 15 is 0 Å². The second-order valence-corrected chi connectivity index (χ2v) is 3.12. The van der Waals surface area contributed by atoms with E-state index in [4.69, 9.17) is 0 Å². The molecule has 5 heteroatoms. The maximum atomic E-state index is 11.4. The van der Waals surface area contributed by atoms with Gasteiger partial charge in [0.05, 0.1) is 4.92 Å². The average molecular weight is 220 g/mol. The van der Waals surface area contributed by atoms with Gasteiger partial charge in [-0.15, -0.1) is 0 Å². The Morgan fingerprint density at radius 2 is 2.06 bits per heavy atom. The number of amides is 1. The Labute approximate surface area is 93.1 Å². The quantitative estimate of drug-likeness (QED) is 0.580. The van der Waals surface area contributed by atoms with Crippen molar-refractivity contribution in [2.45, 2.75) is 13.8 Å². The van der Waals surface area contributed by atoms with Crippen molar-refractivity contribution in [3.63, 3.8) is 0 Å². The molecule has 84 valence electrons. The highest BCUT2D eigenvalue weighted by atomic mass is 16.6. The number of carbonyl (C=O) groups is 1. The number of rotatable bonds is 3. The molecule has 1 aromatic rings. The number of nitrogens with zero attached hydrogens (tertiary/aromatic N) is 2. The van der Waals surface area contributed by atoms with Gasteiger partial charge in [0.15, 0.2) is 0 Å². The summed E-state index contributed by atoms with van der Waals surface area (Å²) in [6.45, 7) is 3.10. The first-order chi connectivity index (χ1) is 7.57. The lowest BCUT2D eigenvalue weighted by molar-refractivity contribution is -0.384. The number of para-hydroxylation sites is 2. The molecule has 0 fully saturated rings. The lowest BCUT2D eigenvalue weighted by atomic mass is 10.2. The summed E-state index contributed by atoms with van der Waals surface area (Å²) in [5.74, 6) is -0.271. The number of anilines is 1. The molecule has 1 rings (SSSR count). The number of hydrogen-bond acceptors (Lipinski definition) is 3. The summed E-state index contributed by atoms with van der Waals surface area (Å²) >= 11 is 0. The number of carbonyl (C=O) groups excluding carboxylic acids is 1. The summed E-state index contributed by atoms with van der Waals surface area (Å²) in [6, 6.07) is 6.13. The van der Waals surface area contributed by atoms with E-state index in [9.17, 15) is 14.9 Å². The van der Waals surface area contributed by atoms with Crippen molar-refractivity contribution < 1.29 is 9.72 Å². The van der Waals surface area contributed by atoms with Gasteiger partial charge in [-0.2, -0.15) is 0 Å². The first-order valence-electron chi connectivity index (χ1n) is 4.74. The maximum Gasteiger partial charge on any atom is 0.293 e. The predicted octanol–water partition coefficient (Wildman–Crippen LogP) is 2.48. The van der Waals surface area contributed by atoms with Crippen LogP contribution in [-0.2, 0) is 4.79 Å². The monoisotopic (exact) mass is 220 g/mol. The third kappa shape index (κ3) is 2.44. The van der Waals surface area contributed by atoms with Gasteiger partial charge in [0.25, 0.3) is 5.69 Å². The number of hydrogen-bond donors (Lipinski definition) is 0. The van der Waals surface area contributed by atoms with E-state index < -0.39 is 4.92 Å². The fraction of sp³-hybridized carbons (Fsp3) is 0.182. The molecule has 0 saturated carbocycles. The maximum absolute atomic E-state index is 11.4. The molecule has 0 unspecified atom stereocenters. The molecule has 0 saturated heterocycles. The summed E-state index contributed by atoms with van der Waals surface area (Å²) in [4.78, 5) is 22.9. The van der Waals surface area contributed by atoms with Crippen LogP contribution in [0.15, 0.2) is 36.5 Å². The highest BCUT2D eigenvalue weighted by Crippen LogP contribution is 2.27. The molecule has 0 bridgehead atoms. The molecule has 0 N–H and O–H groups in total. The van der Waals surface area contributed by atoms with Gasteiger partial charge in [-0.25, -0.2) is 0 Å². The Bertz CT molecular complexity index is 441.